The Hall–Kier alpha value is -2.29. The molecule has 2 aromatic heterocycles. The zero-order valence-electron chi connectivity index (χ0n) is 18.2. The zero-order valence-corrected chi connectivity index (χ0v) is 19.0. The van der Waals surface area contributed by atoms with Crippen LogP contribution in [0.15, 0.2) is 30.5 Å². The first-order valence-corrected chi connectivity index (χ1v) is 11.5. The van der Waals surface area contributed by atoms with Crippen LogP contribution in [0.2, 0.25) is 5.02 Å². The van der Waals surface area contributed by atoms with E-state index in [1.165, 1.54) is 0 Å². The molecule has 7 nitrogen and oxygen atoms in total. The molecular weight excluding hydrogens is 433 g/mol. The van der Waals surface area contributed by atoms with E-state index in [0.29, 0.717) is 29.7 Å². The maximum Gasteiger partial charge on any atom is 0.311 e. The lowest BCUT2D eigenvalue weighted by molar-refractivity contribution is -0.656. The van der Waals surface area contributed by atoms with E-state index in [0.717, 1.165) is 49.7 Å². The molecule has 4 rings (SSSR count). The van der Waals surface area contributed by atoms with Crippen molar-refractivity contribution in [3.63, 3.8) is 0 Å². The number of amides is 1. The largest absolute Gasteiger partial charge is 0.381 e. The molecular formula is C23H30ClFN5O2+. The molecule has 0 saturated carbocycles. The van der Waals surface area contributed by atoms with Crippen molar-refractivity contribution < 1.29 is 18.5 Å². The molecule has 2 aromatic rings. The molecule has 2 aliphatic rings. The first-order chi connectivity index (χ1) is 15.5. The van der Waals surface area contributed by atoms with Crippen LogP contribution in [0.25, 0.3) is 11.3 Å². The fourth-order valence-corrected chi connectivity index (χ4v) is 4.48. The monoisotopic (exact) mass is 462 g/mol. The standard InChI is InChI=1S/C23H29ClFN5O2/c1-30-14-19(24)18(10-22(30)29-23(31)16-9-17(11-25)26-13-16)20-3-2-4-21(28-20)27-12-15-5-7-32-8-6-15/h2-4,10,14-17,26H,5-9,11-13H2,1H3,(H,27,28)/p+1. The number of nitrogens with one attached hydrogen (secondary N) is 3. The number of anilines is 2. The van der Waals surface area contributed by atoms with Gasteiger partial charge in [-0.25, -0.2) is 24.1 Å². The zero-order chi connectivity index (χ0) is 22.5. The van der Waals surface area contributed by atoms with Crippen molar-refractivity contribution in [1.29, 1.82) is 0 Å². The van der Waals surface area contributed by atoms with E-state index in [9.17, 15) is 9.18 Å². The third-order valence-electron chi connectivity index (χ3n) is 6.19. The summed E-state index contributed by atoms with van der Waals surface area (Å²) in [7, 11) is 1.82. The van der Waals surface area contributed by atoms with Crippen molar-refractivity contribution in [2.24, 2.45) is 18.9 Å². The lowest BCUT2D eigenvalue weighted by Gasteiger charge is -2.22. The number of carbonyl (C=O) groups excluding carboxylic acids is 1. The Morgan fingerprint density at radius 1 is 1.38 bits per heavy atom. The molecule has 32 heavy (non-hydrogen) atoms. The van der Waals surface area contributed by atoms with Gasteiger partial charge in [0.15, 0.2) is 0 Å². The van der Waals surface area contributed by atoms with Gasteiger partial charge >= 0.3 is 5.91 Å². The first-order valence-electron chi connectivity index (χ1n) is 11.1. The molecule has 4 heterocycles. The van der Waals surface area contributed by atoms with Crippen molar-refractivity contribution in [3.8, 4) is 11.3 Å². The van der Waals surface area contributed by atoms with Crippen molar-refractivity contribution in [3.05, 3.63) is 35.5 Å². The van der Waals surface area contributed by atoms with Gasteiger partial charge in [0.1, 0.15) is 18.7 Å². The molecule has 9 heteroatoms. The van der Waals surface area contributed by atoms with Crippen LogP contribution in [-0.2, 0) is 16.6 Å². The Balaban J connectivity index is 1.48. The van der Waals surface area contributed by atoms with E-state index < -0.39 is 6.67 Å². The summed E-state index contributed by atoms with van der Waals surface area (Å²) >= 11 is 6.53. The fourth-order valence-electron chi connectivity index (χ4n) is 4.18. The Morgan fingerprint density at radius 2 is 2.19 bits per heavy atom. The number of aromatic nitrogens is 2. The summed E-state index contributed by atoms with van der Waals surface area (Å²) < 4.78 is 20.1. The predicted octanol–water partition coefficient (Wildman–Crippen LogP) is 2.95. The number of rotatable bonds is 7. The van der Waals surface area contributed by atoms with Gasteiger partial charge in [-0.3, -0.25) is 0 Å². The third-order valence-corrected chi connectivity index (χ3v) is 6.49. The summed E-state index contributed by atoms with van der Waals surface area (Å²) in [6.45, 7) is 2.50. The normalized spacial score (nSPS) is 21.5. The minimum Gasteiger partial charge on any atom is -0.381 e. The minimum atomic E-state index is -0.465. The number of hydrogen-bond acceptors (Lipinski definition) is 5. The third kappa shape index (κ3) is 5.54. The van der Waals surface area contributed by atoms with Gasteiger partial charge in [-0.15, -0.1) is 0 Å². The van der Waals surface area contributed by atoms with Crippen LogP contribution < -0.4 is 20.5 Å². The van der Waals surface area contributed by atoms with Crippen LogP contribution >= 0.6 is 11.6 Å². The van der Waals surface area contributed by atoms with E-state index in [2.05, 4.69) is 16.0 Å². The Labute approximate surface area is 192 Å². The molecule has 2 atom stereocenters. The van der Waals surface area contributed by atoms with Gasteiger partial charge in [0, 0.05) is 44.0 Å². The first kappa shape index (κ1) is 22.9. The average Bonchev–Trinajstić information content (AvgIpc) is 3.30. The van der Waals surface area contributed by atoms with Gasteiger partial charge in [0.05, 0.1) is 23.7 Å². The molecule has 3 N–H and O–H groups in total. The highest BCUT2D eigenvalue weighted by molar-refractivity contribution is 6.33. The molecule has 2 fully saturated rings. The Kier molecular flexibility index (Phi) is 7.55. The number of aryl methyl sites for hydroxylation is 1. The number of hydrogen-bond donors (Lipinski definition) is 3. The molecule has 0 aliphatic carbocycles. The van der Waals surface area contributed by atoms with Crippen LogP contribution in [0.1, 0.15) is 19.3 Å². The Morgan fingerprint density at radius 3 is 2.94 bits per heavy atom. The number of alkyl halides is 1. The average molecular weight is 463 g/mol. The van der Waals surface area contributed by atoms with Gasteiger partial charge in [-0.05, 0) is 37.3 Å². The molecule has 0 aromatic carbocycles. The number of pyridine rings is 2. The summed E-state index contributed by atoms with van der Waals surface area (Å²) in [6.07, 6.45) is 4.36. The Bertz CT molecular complexity index is 954. The van der Waals surface area contributed by atoms with Gasteiger partial charge in [-0.1, -0.05) is 17.7 Å². The smallest absolute Gasteiger partial charge is 0.311 e. The van der Waals surface area contributed by atoms with Gasteiger partial charge in [0.2, 0.25) is 0 Å². The summed E-state index contributed by atoms with van der Waals surface area (Å²) in [5.41, 5.74) is 1.46. The highest BCUT2D eigenvalue weighted by atomic mass is 35.5. The van der Waals surface area contributed by atoms with Crippen LogP contribution in [0, 0.1) is 11.8 Å². The quantitative estimate of drug-likeness (QED) is 0.551. The summed E-state index contributed by atoms with van der Waals surface area (Å²) in [6, 6.07) is 7.37. The molecule has 2 unspecified atom stereocenters. The van der Waals surface area contributed by atoms with Crippen molar-refractivity contribution in [2.75, 3.05) is 43.6 Å². The van der Waals surface area contributed by atoms with E-state index in [1.54, 1.807) is 10.8 Å². The van der Waals surface area contributed by atoms with Crippen LogP contribution in [0.4, 0.5) is 16.0 Å². The second-order valence-corrected chi connectivity index (χ2v) is 8.96. The molecule has 1 amide bonds. The maximum atomic E-state index is 12.9. The highest BCUT2D eigenvalue weighted by Gasteiger charge is 2.32. The van der Waals surface area contributed by atoms with E-state index in [1.807, 2.05) is 31.3 Å². The summed E-state index contributed by atoms with van der Waals surface area (Å²) in [4.78, 5) is 17.4. The van der Waals surface area contributed by atoms with E-state index in [-0.39, 0.29) is 17.9 Å². The van der Waals surface area contributed by atoms with Crippen LogP contribution in [-0.4, -0.2) is 49.9 Å². The molecule has 0 spiro atoms. The molecule has 0 bridgehead atoms. The number of nitrogens with zero attached hydrogens (tertiary/aromatic N) is 2. The highest BCUT2D eigenvalue weighted by Crippen LogP contribution is 2.28. The number of carbonyl (C=O) groups is 1. The summed E-state index contributed by atoms with van der Waals surface area (Å²) in [5, 5.41) is 9.97. The van der Waals surface area contributed by atoms with Crippen LogP contribution in [0.3, 0.4) is 0 Å². The maximum absolute atomic E-state index is 12.9. The van der Waals surface area contributed by atoms with Crippen molar-refractivity contribution in [1.82, 2.24) is 10.3 Å². The summed E-state index contributed by atoms with van der Waals surface area (Å²) in [5.74, 6) is 1.60. The van der Waals surface area contributed by atoms with E-state index >= 15 is 0 Å². The topological polar surface area (TPSA) is 79.2 Å². The lowest BCUT2D eigenvalue weighted by atomic mass is 10.0. The number of ether oxygens (including phenoxy) is 1. The number of halogens is 2. The van der Waals surface area contributed by atoms with Crippen molar-refractivity contribution >= 4 is 29.1 Å². The van der Waals surface area contributed by atoms with Gasteiger partial charge < -0.3 is 15.4 Å². The van der Waals surface area contributed by atoms with Crippen molar-refractivity contribution in [2.45, 2.75) is 25.3 Å². The van der Waals surface area contributed by atoms with E-state index in [4.69, 9.17) is 21.3 Å². The lowest BCUT2D eigenvalue weighted by Crippen LogP contribution is -2.36. The SMILES string of the molecule is C[n+]1cc(Cl)c(-c2cccc(NCC3CCOCC3)n2)cc1NC(=O)C1CNC(CF)C1. The van der Waals surface area contributed by atoms with Gasteiger partial charge in [-0.2, -0.15) is 0 Å². The molecule has 2 aliphatic heterocycles. The second-order valence-electron chi connectivity index (χ2n) is 8.56. The second kappa shape index (κ2) is 10.6. The fraction of sp³-hybridized carbons (Fsp3) is 0.522. The minimum absolute atomic E-state index is 0.128. The molecule has 2 saturated heterocycles. The van der Waals surface area contributed by atoms with Crippen LogP contribution in [0.5, 0.6) is 0 Å². The molecule has 172 valence electrons. The molecule has 0 radical (unpaired) electrons. The predicted molar refractivity (Wildman–Crippen MR) is 122 cm³/mol. The van der Waals surface area contributed by atoms with Gasteiger partial charge in [0.25, 0.3) is 5.82 Å².